The minimum absolute atomic E-state index is 0.486. The van der Waals surface area contributed by atoms with Gasteiger partial charge in [0.15, 0.2) is 0 Å². The van der Waals surface area contributed by atoms with Crippen LogP contribution in [0.2, 0.25) is 5.02 Å². The minimum Gasteiger partial charge on any atom is -0.480 e. The lowest BCUT2D eigenvalue weighted by Crippen LogP contribution is -2.35. The Morgan fingerprint density at radius 1 is 1.50 bits per heavy atom. The van der Waals surface area contributed by atoms with Crippen LogP contribution >= 0.6 is 22.9 Å². The molecule has 20 heavy (non-hydrogen) atoms. The molecule has 3 nitrogen and oxygen atoms in total. The first-order valence-electron chi connectivity index (χ1n) is 6.67. The Morgan fingerprint density at radius 3 is 2.85 bits per heavy atom. The quantitative estimate of drug-likeness (QED) is 0.840. The number of rotatable bonds is 6. The van der Waals surface area contributed by atoms with Gasteiger partial charge in [0.25, 0.3) is 0 Å². The van der Waals surface area contributed by atoms with Gasteiger partial charge in [-0.15, -0.1) is 11.3 Å². The number of carboxylic acids is 1. The number of nitrogens with one attached hydrogen (secondary N) is 1. The summed E-state index contributed by atoms with van der Waals surface area (Å²) in [5, 5.41) is 14.2. The highest BCUT2D eigenvalue weighted by molar-refractivity contribution is 7.20. The van der Waals surface area contributed by atoms with Gasteiger partial charge in [-0.05, 0) is 30.4 Å². The number of carboxylic acid groups (broad SMARTS) is 1. The fourth-order valence-corrected chi connectivity index (χ4v) is 3.70. The molecule has 0 amide bonds. The first-order valence-corrected chi connectivity index (χ1v) is 7.86. The molecule has 0 radical (unpaired) electrons. The van der Waals surface area contributed by atoms with E-state index in [4.69, 9.17) is 16.7 Å². The Balaban J connectivity index is 2.19. The molecule has 1 aromatic carbocycles. The first-order chi connectivity index (χ1) is 9.54. The van der Waals surface area contributed by atoms with Crippen LogP contribution in [0.25, 0.3) is 10.1 Å². The number of hydrogen-bond donors (Lipinski definition) is 2. The monoisotopic (exact) mass is 311 g/mol. The van der Waals surface area contributed by atoms with Crippen molar-refractivity contribution in [2.24, 2.45) is 0 Å². The van der Waals surface area contributed by atoms with Crippen molar-refractivity contribution >= 4 is 39.0 Å². The van der Waals surface area contributed by atoms with Gasteiger partial charge in [-0.1, -0.05) is 37.1 Å². The van der Waals surface area contributed by atoms with E-state index >= 15 is 0 Å². The summed E-state index contributed by atoms with van der Waals surface area (Å²) in [6, 6.07) is 5.39. The number of halogens is 1. The third-order valence-corrected chi connectivity index (χ3v) is 5.17. The van der Waals surface area contributed by atoms with E-state index in [0.717, 1.165) is 26.4 Å². The number of hydrogen-bond acceptors (Lipinski definition) is 3. The van der Waals surface area contributed by atoms with E-state index in [1.54, 1.807) is 11.3 Å². The van der Waals surface area contributed by atoms with Crippen LogP contribution in [0.4, 0.5) is 0 Å². The SMILES string of the molecule is CCCC(NCc1sc2c(Cl)cccc2c1C)C(=O)O. The van der Waals surface area contributed by atoms with E-state index < -0.39 is 12.0 Å². The molecule has 0 bridgehead atoms. The van der Waals surface area contributed by atoms with Crippen molar-refractivity contribution in [3.05, 3.63) is 33.7 Å². The number of aliphatic carboxylic acids is 1. The largest absolute Gasteiger partial charge is 0.480 e. The Hall–Kier alpha value is -1.10. The molecule has 0 aliphatic rings. The van der Waals surface area contributed by atoms with Gasteiger partial charge >= 0.3 is 5.97 Å². The van der Waals surface area contributed by atoms with E-state index in [1.807, 2.05) is 19.1 Å². The summed E-state index contributed by atoms with van der Waals surface area (Å²) in [5.41, 5.74) is 1.18. The number of thiophene rings is 1. The molecule has 0 fully saturated rings. The number of carbonyl (C=O) groups is 1. The highest BCUT2D eigenvalue weighted by atomic mass is 35.5. The van der Waals surface area contributed by atoms with Crippen LogP contribution in [0, 0.1) is 6.92 Å². The Labute approximate surface area is 127 Å². The standard InChI is InChI=1S/C15H18ClNO2S/c1-3-5-12(15(18)19)17-8-13-9(2)10-6-4-7-11(16)14(10)20-13/h4,6-7,12,17H,3,5,8H2,1-2H3,(H,18,19). The maximum atomic E-state index is 11.1. The molecular formula is C15H18ClNO2S. The molecule has 2 aromatic rings. The number of fused-ring (bicyclic) bond motifs is 1. The predicted molar refractivity (Wildman–Crippen MR) is 84.7 cm³/mol. The van der Waals surface area contributed by atoms with E-state index in [0.29, 0.717) is 13.0 Å². The molecule has 108 valence electrons. The van der Waals surface area contributed by atoms with Gasteiger partial charge in [-0.25, -0.2) is 0 Å². The minimum atomic E-state index is -0.788. The summed E-state index contributed by atoms with van der Waals surface area (Å²) in [4.78, 5) is 12.3. The van der Waals surface area contributed by atoms with Gasteiger partial charge in [0.05, 0.1) is 9.72 Å². The third kappa shape index (κ3) is 3.14. The zero-order valence-electron chi connectivity index (χ0n) is 11.6. The Bertz CT molecular complexity index is 624. The zero-order chi connectivity index (χ0) is 14.7. The zero-order valence-corrected chi connectivity index (χ0v) is 13.1. The number of aryl methyl sites for hydroxylation is 1. The maximum Gasteiger partial charge on any atom is 0.320 e. The normalized spacial score (nSPS) is 12.8. The molecule has 0 aliphatic heterocycles. The molecule has 5 heteroatoms. The van der Waals surface area contributed by atoms with Crippen LogP contribution in [0.15, 0.2) is 18.2 Å². The summed E-state index contributed by atoms with van der Waals surface area (Å²) in [7, 11) is 0. The lowest BCUT2D eigenvalue weighted by Gasteiger charge is -2.12. The smallest absolute Gasteiger partial charge is 0.320 e. The van der Waals surface area contributed by atoms with Crippen molar-refractivity contribution in [2.45, 2.75) is 39.3 Å². The summed E-state index contributed by atoms with van der Waals surface area (Å²) in [6.45, 7) is 4.61. The van der Waals surface area contributed by atoms with Gasteiger partial charge in [0.2, 0.25) is 0 Å². The molecule has 2 rings (SSSR count). The maximum absolute atomic E-state index is 11.1. The van der Waals surface area contributed by atoms with E-state index in [1.165, 1.54) is 5.56 Å². The molecule has 1 aromatic heterocycles. The van der Waals surface area contributed by atoms with Crippen molar-refractivity contribution in [1.29, 1.82) is 0 Å². The van der Waals surface area contributed by atoms with Crippen LogP contribution < -0.4 is 5.32 Å². The lowest BCUT2D eigenvalue weighted by atomic mass is 10.1. The summed E-state index contributed by atoms with van der Waals surface area (Å²) >= 11 is 7.84. The van der Waals surface area contributed by atoms with Gasteiger partial charge in [0, 0.05) is 11.4 Å². The van der Waals surface area contributed by atoms with E-state index in [-0.39, 0.29) is 0 Å². The second-order valence-corrected chi connectivity index (χ2v) is 6.34. The van der Waals surface area contributed by atoms with Gasteiger partial charge < -0.3 is 5.11 Å². The lowest BCUT2D eigenvalue weighted by molar-refractivity contribution is -0.139. The van der Waals surface area contributed by atoms with Crippen LogP contribution in [0.1, 0.15) is 30.2 Å². The molecule has 0 saturated carbocycles. The molecule has 0 spiro atoms. The van der Waals surface area contributed by atoms with Crippen LogP contribution in [0.5, 0.6) is 0 Å². The van der Waals surface area contributed by atoms with Gasteiger partial charge in [-0.2, -0.15) is 0 Å². The Kier molecular flexibility index (Phi) is 5.02. The van der Waals surface area contributed by atoms with E-state index in [9.17, 15) is 4.79 Å². The fraction of sp³-hybridized carbons (Fsp3) is 0.400. The highest BCUT2D eigenvalue weighted by Gasteiger charge is 2.17. The molecule has 2 N–H and O–H groups in total. The van der Waals surface area contributed by atoms with Crippen LogP contribution in [0.3, 0.4) is 0 Å². The van der Waals surface area contributed by atoms with Crippen molar-refractivity contribution in [3.63, 3.8) is 0 Å². The summed E-state index contributed by atoms with van der Waals surface area (Å²) in [5.74, 6) is -0.788. The van der Waals surface area contributed by atoms with Crippen molar-refractivity contribution in [2.75, 3.05) is 0 Å². The van der Waals surface area contributed by atoms with Crippen molar-refractivity contribution < 1.29 is 9.90 Å². The molecule has 1 heterocycles. The first kappa shape index (κ1) is 15.3. The van der Waals surface area contributed by atoms with Crippen LogP contribution in [-0.2, 0) is 11.3 Å². The topological polar surface area (TPSA) is 49.3 Å². The van der Waals surface area contributed by atoms with Gasteiger partial charge in [0.1, 0.15) is 6.04 Å². The van der Waals surface area contributed by atoms with Gasteiger partial charge in [-0.3, -0.25) is 10.1 Å². The summed E-state index contributed by atoms with van der Waals surface area (Å²) in [6.07, 6.45) is 1.49. The summed E-state index contributed by atoms with van der Waals surface area (Å²) < 4.78 is 1.07. The van der Waals surface area contributed by atoms with Crippen molar-refractivity contribution in [3.8, 4) is 0 Å². The predicted octanol–water partition coefficient (Wildman–Crippen LogP) is 4.21. The number of benzene rings is 1. The second kappa shape index (κ2) is 6.57. The molecular weight excluding hydrogens is 294 g/mol. The highest BCUT2D eigenvalue weighted by Crippen LogP contribution is 2.35. The van der Waals surface area contributed by atoms with E-state index in [2.05, 4.69) is 18.3 Å². The third-order valence-electron chi connectivity index (χ3n) is 3.40. The average molecular weight is 312 g/mol. The van der Waals surface area contributed by atoms with Crippen molar-refractivity contribution in [1.82, 2.24) is 5.32 Å². The Morgan fingerprint density at radius 2 is 2.25 bits per heavy atom. The molecule has 1 unspecified atom stereocenters. The fourth-order valence-electron chi connectivity index (χ4n) is 2.24. The molecule has 0 aliphatic carbocycles. The average Bonchev–Trinajstić information content (AvgIpc) is 2.73. The molecule has 0 saturated heterocycles. The molecule has 1 atom stereocenters. The van der Waals surface area contributed by atoms with Crippen LogP contribution in [-0.4, -0.2) is 17.1 Å². The second-order valence-electron chi connectivity index (χ2n) is 4.83.